The SMILES string of the molecule is COc1cc2cc(c1Cl)N(C)C(=O)C[C@H](OC(=O)[C@H](C)N(C)C(=O)c1ccccc1NC(=O)[C@H](CCCNC(N)=O)NC(=O)[C@@H](NC(=S)NCCCCN1C(=O)C=CC1=O)C(C)C)[C@@H](C)[C@@H](O)C[C@@H](C)C[C@@](O)(NC(=O)O)[C@H](OC)/C=C/C=C(\C)C2. The van der Waals surface area contributed by atoms with Crippen molar-refractivity contribution in [2.45, 2.75) is 135 Å². The van der Waals surface area contributed by atoms with Gasteiger partial charge in [0.25, 0.3) is 17.7 Å². The molecule has 0 spiro atoms. The number of nitrogens with zero attached hydrogens (tertiary/aromatic N) is 3. The number of esters is 1. The van der Waals surface area contributed by atoms with Crippen molar-refractivity contribution in [1.29, 1.82) is 0 Å². The average Bonchev–Trinajstić information content (AvgIpc) is 1.68. The van der Waals surface area contributed by atoms with Crippen LogP contribution in [0.1, 0.15) is 102 Å². The topological polar surface area (TPSA) is 350 Å². The van der Waals surface area contributed by atoms with Gasteiger partial charge in [0.05, 0.1) is 36.6 Å². The molecule has 0 saturated carbocycles. The van der Waals surface area contributed by atoms with Crippen LogP contribution in [-0.2, 0) is 44.7 Å². The van der Waals surface area contributed by atoms with Crippen LogP contribution in [0, 0.1) is 17.8 Å². The van der Waals surface area contributed by atoms with E-state index >= 15 is 0 Å². The van der Waals surface area contributed by atoms with E-state index in [4.69, 9.17) is 43.8 Å². The van der Waals surface area contributed by atoms with E-state index in [1.54, 1.807) is 58.0 Å². The molecule has 2 aliphatic rings. The summed E-state index contributed by atoms with van der Waals surface area (Å²) in [6.07, 6.45) is 2.59. The Morgan fingerprint density at radius 1 is 0.953 bits per heavy atom. The highest BCUT2D eigenvalue weighted by molar-refractivity contribution is 7.80. The quantitative estimate of drug-likeness (QED) is 0.0258. The molecule has 2 aromatic carbocycles. The second-order valence-electron chi connectivity index (χ2n) is 21.9. The lowest BCUT2D eigenvalue weighted by Gasteiger charge is -2.37. The fourth-order valence-electron chi connectivity index (χ4n) is 9.75. The first-order chi connectivity index (χ1) is 40.5. The second-order valence-corrected chi connectivity index (χ2v) is 22.7. The molecule has 2 aliphatic heterocycles. The van der Waals surface area contributed by atoms with E-state index in [0.717, 1.165) is 15.4 Å². The number of hydrogen-bond donors (Lipinski definition) is 10. The second kappa shape index (κ2) is 33.3. The lowest BCUT2D eigenvalue weighted by atomic mass is 9.84. The van der Waals surface area contributed by atoms with Gasteiger partial charge >= 0.3 is 18.1 Å². The lowest BCUT2D eigenvalue weighted by molar-refractivity contribution is -0.160. The molecule has 9 amide bonds. The zero-order valence-corrected chi connectivity index (χ0v) is 51.8. The number of rotatable bonds is 22. The number of carbonyl (C=O) groups is 9. The van der Waals surface area contributed by atoms with E-state index in [1.165, 1.54) is 76.6 Å². The van der Waals surface area contributed by atoms with Crippen LogP contribution in [0.2, 0.25) is 5.02 Å². The summed E-state index contributed by atoms with van der Waals surface area (Å²) in [7, 11) is 5.54. The molecule has 472 valence electrons. The molecule has 2 heterocycles. The Morgan fingerprint density at radius 2 is 1.62 bits per heavy atom. The predicted octanol–water partition coefficient (Wildman–Crippen LogP) is 4.28. The van der Waals surface area contributed by atoms with Gasteiger partial charge < -0.3 is 71.6 Å². The van der Waals surface area contributed by atoms with Crippen molar-refractivity contribution in [1.82, 2.24) is 36.4 Å². The molecule has 0 aromatic heterocycles. The number of primary amides is 1. The van der Waals surface area contributed by atoms with Crippen molar-refractivity contribution in [2.75, 3.05) is 58.2 Å². The number of amides is 9. The molecule has 0 unspecified atom stereocenters. The van der Waals surface area contributed by atoms with Crippen LogP contribution in [0.4, 0.5) is 21.0 Å². The number of para-hydroxylation sites is 1. The molecule has 86 heavy (non-hydrogen) atoms. The van der Waals surface area contributed by atoms with Crippen LogP contribution >= 0.6 is 23.8 Å². The number of urea groups is 1. The number of aliphatic hydroxyl groups is 2. The summed E-state index contributed by atoms with van der Waals surface area (Å²) in [5, 5.41) is 49.9. The standard InChI is InChI=1S/C59H83ClN10O15S/c1-33(2)51(66-57(86)63-24-13-14-26-70-47(72)22-23-48(70)73)53(76)65-41(20-16-25-62-56(61)79)52(75)64-40-19-12-11-18-39(40)54(77)68(7)37(6)55(78)85-44-31-49(74)69(8)42-29-38(30-45(83-9)50(42)60)27-34(3)17-15-21-46(84-10)59(82,67-58(80)81)32-35(4)28-43(71)36(44)5/h11-12,15,17-19,21-23,29-30,33,35-37,41,43-44,46,51,67,71,82H,13-14,16,20,24-28,31-32H2,1-10H3,(H,64,75)(H,65,76)(H,80,81)(H3,61,62,79)(H2,63,66,86)/b21-15+,34-17+/t35-,36+,37+,41+,43+,44+,46-,51+,59+/m1/s1. The number of allylic oxidation sites excluding steroid dienone is 3. The first-order valence-electron chi connectivity index (χ1n) is 28.2. The van der Waals surface area contributed by atoms with Gasteiger partial charge in [-0.3, -0.25) is 39.0 Å². The highest BCUT2D eigenvalue weighted by Gasteiger charge is 2.41. The minimum atomic E-state index is -2.18. The van der Waals surface area contributed by atoms with Gasteiger partial charge in [0.1, 0.15) is 41.1 Å². The molecule has 2 bridgehead atoms. The number of hydrogen-bond acceptors (Lipinski definition) is 15. The number of ether oxygens (including phenoxy) is 3. The number of nitrogens with two attached hydrogens (primary N) is 1. The molecule has 0 fully saturated rings. The third kappa shape index (κ3) is 20.5. The number of imide groups is 1. The van der Waals surface area contributed by atoms with Crippen LogP contribution in [0.5, 0.6) is 5.75 Å². The molecule has 0 aliphatic carbocycles. The normalized spacial score (nSPS) is 22.3. The number of halogens is 1. The summed E-state index contributed by atoms with van der Waals surface area (Å²) in [6, 6.07) is 5.01. The first kappa shape index (κ1) is 70.8. The number of nitrogens with one attached hydrogen (secondary N) is 6. The van der Waals surface area contributed by atoms with Gasteiger partial charge in [-0.1, -0.05) is 75.2 Å². The number of benzene rings is 2. The summed E-state index contributed by atoms with van der Waals surface area (Å²) in [5.74, 6) is -6.14. The van der Waals surface area contributed by atoms with Crippen molar-refractivity contribution >= 4 is 93.8 Å². The molecular formula is C59H83ClN10O15S. The van der Waals surface area contributed by atoms with Crippen molar-refractivity contribution < 1.29 is 72.7 Å². The van der Waals surface area contributed by atoms with E-state index in [1.807, 2.05) is 6.92 Å². The molecule has 4 rings (SSSR count). The van der Waals surface area contributed by atoms with Gasteiger partial charge in [-0.05, 0) is 106 Å². The number of thiocarbonyl (C=S) groups is 1. The summed E-state index contributed by atoms with van der Waals surface area (Å²) in [6.45, 7) is 10.6. The summed E-state index contributed by atoms with van der Waals surface area (Å²) in [5.41, 5.74) is 4.80. The van der Waals surface area contributed by atoms with Gasteiger partial charge in [0.15, 0.2) is 10.8 Å². The zero-order valence-electron chi connectivity index (χ0n) is 50.3. The number of unbranched alkanes of at least 4 members (excludes halogenated alkanes) is 1. The van der Waals surface area contributed by atoms with Gasteiger partial charge in [0, 0.05) is 65.3 Å². The fourth-order valence-corrected chi connectivity index (χ4v) is 10.3. The molecule has 0 radical (unpaired) electrons. The highest BCUT2D eigenvalue weighted by atomic mass is 35.5. The minimum absolute atomic E-state index is 0.00545. The maximum atomic E-state index is 14.5. The molecule has 2 aromatic rings. The van der Waals surface area contributed by atoms with E-state index < -0.39 is 102 Å². The van der Waals surface area contributed by atoms with Gasteiger partial charge in [-0.15, -0.1) is 0 Å². The Balaban J connectivity index is 1.58. The number of anilines is 2. The molecular weight excluding hydrogens is 1160 g/mol. The average molecular weight is 1240 g/mol. The molecule has 9 atom stereocenters. The Labute approximate surface area is 511 Å². The van der Waals surface area contributed by atoms with Crippen LogP contribution in [0.15, 0.2) is 72.4 Å². The lowest BCUT2D eigenvalue weighted by Crippen LogP contribution is -2.57. The first-order valence-corrected chi connectivity index (χ1v) is 29.0. The third-order valence-corrected chi connectivity index (χ3v) is 15.5. The van der Waals surface area contributed by atoms with E-state index in [-0.39, 0.29) is 89.3 Å². The van der Waals surface area contributed by atoms with Gasteiger partial charge in [-0.2, -0.15) is 0 Å². The van der Waals surface area contributed by atoms with Crippen LogP contribution in [-0.4, -0.2) is 174 Å². The predicted molar refractivity (Wildman–Crippen MR) is 326 cm³/mol. The monoisotopic (exact) mass is 1240 g/mol. The zero-order chi connectivity index (χ0) is 64.2. The summed E-state index contributed by atoms with van der Waals surface area (Å²) >= 11 is 12.3. The largest absolute Gasteiger partial charge is 0.495 e. The smallest absolute Gasteiger partial charge is 0.406 e. The van der Waals surface area contributed by atoms with Crippen molar-refractivity contribution in [3.05, 3.63) is 88.5 Å². The Hall–Kier alpha value is -7.65. The summed E-state index contributed by atoms with van der Waals surface area (Å²) in [4.78, 5) is 122. The highest BCUT2D eigenvalue weighted by Crippen LogP contribution is 2.38. The molecule has 27 heteroatoms. The number of fused-ring (bicyclic) bond motifs is 2. The molecule has 25 nitrogen and oxygen atoms in total. The van der Waals surface area contributed by atoms with Crippen LogP contribution < -0.4 is 47.3 Å². The van der Waals surface area contributed by atoms with E-state index in [2.05, 4.69) is 31.9 Å². The molecule has 11 N–H and O–H groups in total. The molecule has 0 saturated heterocycles. The van der Waals surface area contributed by atoms with Gasteiger partial charge in [0.2, 0.25) is 17.7 Å². The maximum Gasteiger partial charge on any atom is 0.406 e. The third-order valence-electron chi connectivity index (χ3n) is 14.9. The number of methoxy groups -OCH3 is 2. The van der Waals surface area contributed by atoms with Gasteiger partial charge in [-0.25, -0.2) is 14.4 Å². The Morgan fingerprint density at radius 3 is 2.24 bits per heavy atom. The maximum absolute atomic E-state index is 14.5. The number of aliphatic hydroxyl groups excluding tert-OH is 1. The minimum Gasteiger partial charge on any atom is -0.495 e. The van der Waals surface area contributed by atoms with E-state index in [9.17, 15) is 58.5 Å². The Kier molecular flexibility index (Phi) is 27.4. The van der Waals surface area contributed by atoms with Crippen molar-refractivity contribution in [3.8, 4) is 5.75 Å². The van der Waals surface area contributed by atoms with Crippen molar-refractivity contribution in [2.24, 2.45) is 23.5 Å². The fraction of sp³-hybridized carbons (Fsp3) is 0.525. The number of carbonyl (C=O) groups excluding carboxylic acids is 8. The number of carboxylic acid groups (broad SMARTS) is 1. The van der Waals surface area contributed by atoms with Crippen LogP contribution in [0.3, 0.4) is 0 Å². The number of likely N-dealkylation sites (N-methyl/N-ethyl adjacent to an activating group) is 1. The van der Waals surface area contributed by atoms with Crippen molar-refractivity contribution in [3.63, 3.8) is 0 Å². The van der Waals surface area contributed by atoms with E-state index in [0.29, 0.717) is 31.4 Å². The van der Waals surface area contributed by atoms with Crippen LogP contribution in [0.25, 0.3) is 0 Å². The Bertz CT molecular complexity index is 2870. The summed E-state index contributed by atoms with van der Waals surface area (Å²) < 4.78 is 17.3.